The van der Waals surface area contributed by atoms with E-state index >= 15 is 0 Å². The Labute approximate surface area is 114 Å². The van der Waals surface area contributed by atoms with E-state index in [2.05, 4.69) is 0 Å². The molecule has 0 heterocycles. The Morgan fingerprint density at radius 3 is 2.50 bits per heavy atom. The zero-order valence-electron chi connectivity index (χ0n) is 9.29. The summed E-state index contributed by atoms with van der Waals surface area (Å²) in [5.74, 6) is -0.136. The smallest absolute Gasteiger partial charge is 0.145 e. The molecule has 0 unspecified atom stereocenters. The maximum absolute atomic E-state index is 13.2. The molecule has 2 aromatic carbocycles. The van der Waals surface area contributed by atoms with E-state index in [-0.39, 0.29) is 11.6 Å². The van der Waals surface area contributed by atoms with Crippen LogP contribution in [-0.2, 0) is 6.61 Å². The van der Waals surface area contributed by atoms with Crippen LogP contribution < -0.4 is 10.5 Å². The predicted octanol–water partition coefficient (Wildman–Crippen LogP) is 4.29. The van der Waals surface area contributed by atoms with Crippen LogP contribution in [0.25, 0.3) is 0 Å². The second-order valence-electron chi connectivity index (χ2n) is 3.72. The van der Waals surface area contributed by atoms with E-state index in [1.54, 1.807) is 24.3 Å². The highest BCUT2D eigenvalue weighted by Crippen LogP contribution is 2.23. The van der Waals surface area contributed by atoms with Gasteiger partial charge in [0.15, 0.2) is 0 Å². The van der Waals surface area contributed by atoms with E-state index in [4.69, 9.17) is 33.7 Å². The van der Waals surface area contributed by atoms with Gasteiger partial charge in [0.2, 0.25) is 0 Å². The van der Waals surface area contributed by atoms with E-state index in [1.165, 1.54) is 12.1 Å². The van der Waals surface area contributed by atoms with Gasteiger partial charge < -0.3 is 10.5 Å². The molecule has 18 heavy (non-hydrogen) atoms. The molecule has 2 aromatic rings. The fraction of sp³-hybridized carbons (Fsp3) is 0.0769. The van der Waals surface area contributed by atoms with E-state index in [9.17, 15) is 4.39 Å². The van der Waals surface area contributed by atoms with Crippen molar-refractivity contribution in [3.05, 3.63) is 57.8 Å². The Hall–Kier alpha value is -1.45. The lowest BCUT2D eigenvalue weighted by molar-refractivity contribution is 0.305. The number of nitrogens with two attached hydrogens (primary N) is 1. The number of rotatable bonds is 3. The van der Waals surface area contributed by atoms with E-state index in [1.807, 2.05) is 0 Å². The lowest BCUT2D eigenvalue weighted by Gasteiger charge is -2.09. The molecular weight excluding hydrogens is 276 g/mol. The van der Waals surface area contributed by atoms with Crippen LogP contribution in [0.2, 0.25) is 10.0 Å². The summed E-state index contributed by atoms with van der Waals surface area (Å²) in [6.45, 7) is 0.213. The first-order valence-electron chi connectivity index (χ1n) is 5.18. The summed E-state index contributed by atoms with van der Waals surface area (Å²) in [6, 6.07) is 9.36. The molecule has 0 radical (unpaired) electrons. The van der Waals surface area contributed by atoms with Crippen molar-refractivity contribution in [3.8, 4) is 5.75 Å². The number of halogens is 3. The highest BCUT2D eigenvalue weighted by Gasteiger charge is 2.05. The van der Waals surface area contributed by atoms with Gasteiger partial charge in [-0.1, -0.05) is 23.2 Å². The molecule has 0 atom stereocenters. The fourth-order valence-electron chi connectivity index (χ4n) is 1.43. The van der Waals surface area contributed by atoms with Crippen LogP contribution >= 0.6 is 23.2 Å². The van der Waals surface area contributed by atoms with Crippen molar-refractivity contribution in [2.75, 3.05) is 5.73 Å². The molecular formula is C13H10Cl2FNO. The quantitative estimate of drug-likeness (QED) is 0.854. The topological polar surface area (TPSA) is 35.2 Å². The molecule has 0 aliphatic heterocycles. The van der Waals surface area contributed by atoms with Gasteiger partial charge in [0.05, 0.1) is 5.02 Å². The molecule has 0 fully saturated rings. The number of hydrogen-bond donors (Lipinski definition) is 1. The third kappa shape index (κ3) is 3.06. The molecule has 0 aliphatic rings. The van der Waals surface area contributed by atoms with Gasteiger partial charge in [-0.15, -0.1) is 0 Å². The van der Waals surface area contributed by atoms with Crippen LogP contribution in [-0.4, -0.2) is 0 Å². The summed E-state index contributed by atoms with van der Waals surface area (Å²) in [5, 5.41) is 0.614. The zero-order chi connectivity index (χ0) is 13.1. The minimum absolute atomic E-state index is 0.0596. The first kappa shape index (κ1) is 13.0. The van der Waals surface area contributed by atoms with Crippen molar-refractivity contribution >= 4 is 28.9 Å². The largest absolute Gasteiger partial charge is 0.489 e. The second kappa shape index (κ2) is 5.46. The highest BCUT2D eigenvalue weighted by atomic mass is 35.5. The highest BCUT2D eigenvalue weighted by molar-refractivity contribution is 6.31. The van der Waals surface area contributed by atoms with Crippen molar-refractivity contribution in [1.29, 1.82) is 0 Å². The van der Waals surface area contributed by atoms with Gasteiger partial charge in [-0.2, -0.15) is 0 Å². The minimum Gasteiger partial charge on any atom is -0.489 e. The third-order valence-corrected chi connectivity index (χ3v) is 3.03. The maximum atomic E-state index is 13.2. The number of benzene rings is 2. The molecule has 0 aliphatic carbocycles. The van der Waals surface area contributed by atoms with E-state index in [0.29, 0.717) is 16.5 Å². The molecule has 0 bridgehead atoms. The van der Waals surface area contributed by atoms with Crippen molar-refractivity contribution in [2.24, 2.45) is 0 Å². The molecule has 0 saturated heterocycles. The second-order valence-corrected chi connectivity index (χ2v) is 4.53. The first-order chi connectivity index (χ1) is 8.56. The van der Waals surface area contributed by atoms with Gasteiger partial charge in [0.25, 0.3) is 0 Å². The van der Waals surface area contributed by atoms with Crippen molar-refractivity contribution in [2.45, 2.75) is 6.61 Å². The van der Waals surface area contributed by atoms with Gasteiger partial charge in [-0.3, -0.25) is 0 Å². The van der Waals surface area contributed by atoms with E-state index in [0.717, 1.165) is 5.56 Å². The molecule has 2 N–H and O–H groups in total. The number of hydrogen-bond acceptors (Lipinski definition) is 2. The summed E-state index contributed by atoms with van der Waals surface area (Å²) in [6.07, 6.45) is 0. The summed E-state index contributed by atoms with van der Waals surface area (Å²) >= 11 is 11.6. The average Bonchev–Trinajstić information content (AvgIpc) is 2.34. The summed E-state index contributed by atoms with van der Waals surface area (Å²) in [5.41, 5.74) is 6.99. The maximum Gasteiger partial charge on any atom is 0.145 e. The lowest BCUT2D eigenvalue weighted by atomic mass is 10.2. The van der Waals surface area contributed by atoms with Gasteiger partial charge >= 0.3 is 0 Å². The molecule has 94 valence electrons. The van der Waals surface area contributed by atoms with Gasteiger partial charge in [-0.25, -0.2) is 4.39 Å². The minimum atomic E-state index is -0.521. The van der Waals surface area contributed by atoms with Crippen LogP contribution in [0, 0.1) is 5.82 Å². The van der Waals surface area contributed by atoms with Gasteiger partial charge in [0.1, 0.15) is 18.2 Å². The van der Waals surface area contributed by atoms with Crippen LogP contribution in [0.5, 0.6) is 5.75 Å². The van der Waals surface area contributed by atoms with Crippen molar-refractivity contribution in [3.63, 3.8) is 0 Å². The molecule has 0 aromatic heterocycles. The Morgan fingerprint density at radius 1 is 1.06 bits per heavy atom. The van der Waals surface area contributed by atoms with Crippen LogP contribution in [0.1, 0.15) is 5.56 Å². The number of anilines is 1. The van der Waals surface area contributed by atoms with Crippen LogP contribution in [0.4, 0.5) is 10.1 Å². The SMILES string of the molecule is Nc1ccc(Cl)c(COc2ccc(Cl)c(F)c2)c1. The summed E-state index contributed by atoms with van der Waals surface area (Å²) in [7, 11) is 0. The Balaban J connectivity index is 2.11. The molecule has 0 saturated carbocycles. The standard InChI is InChI=1S/C13H10Cl2FNO/c14-11-3-1-9(17)5-8(11)7-18-10-2-4-12(15)13(16)6-10/h1-6H,7,17H2. The molecule has 2 rings (SSSR count). The van der Waals surface area contributed by atoms with Crippen LogP contribution in [0.15, 0.2) is 36.4 Å². The third-order valence-electron chi connectivity index (χ3n) is 2.36. The van der Waals surface area contributed by atoms with Crippen molar-refractivity contribution in [1.82, 2.24) is 0 Å². The Bertz CT molecular complexity index is 575. The number of nitrogen functional groups attached to an aromatic ring is 1. The molecule has 2 nitrogen and oxygen atoms in total. The average molecular weight is 286 g/mol. The summed E-state index contributed by atoms with van der Waals surface area (Å²) < 4.78 is 18.6. The Kier molecular flexibility index (Phi) is 3.94. The van der Waals surface area contributed by atoms with E-state index < -0.39 is 5.82 Å². The number of ether oxygens (including phenoxy) is 1. The zero-order valence-corrected chi connectivity index (χ0v) is 10.8. The summed E-state index contributed by atoms with van der Waals surface area (Å²) in [4.78, 5) is 0. The monoisotopic (exact) mass is 285 g/mol. The first-order valence-corrected chi connectivity index (χ1v) is 5.93. The molecule has 0 amide bonds. The van der Waals surface area contributed by atoms with Gasteiger partial charge in [-0.05, 0) is 30.3 Å². The van der Waals surface area contributed by atoms with Gasteiger partial charge in [0, 0.05) is 22.3 Å². The van der Waals surface area contributed by atoms with Crippen molar-refractivity contribution < 1.29 is 9.13 Å². The Morgan fingerprint density at radius 2 is 1.78 bits per heavy atom. The van der Waals surface area contributed by atoms with Crippen LogP contribution in [0.3, 0.4) is 0 Å². The lowest BCUT2D eigenvalue weighted by Crippen LogP contribution is -1.98. The molecule has 5 heteroatoms. The predicted molar refractivity (Wildman–Crippen MR) is 71.6 cm³/mol. The fourth-order valence-corrected chi connectivity index (χ4v) is 1.72. The molecule has 0 spiro atoms. The normalized spacial score (nSPS) is 10.4.